The van der Waals surface area contributed by atoms with E-state index in [1.54, 1.807) is 31.2 Å². The fourth-order valence-electron chi connectivity index (χ4n) is 6.01. The summed E-state index contributed by atoms with van der Waals surface area (Å²) in [6, 6.07) is 18.9. The molecule has 4 aliphatic heterocycles. The number of likely N-dealkylation sites (N-methyl/N-ethyl adjacent to an activating group) is 1. The molecule has 7 rings (SSSR count). The Balaban J connectivity index is 0.000000210. The molecule has 2 bridgehead atoms. The van der Waals surface area contributed by atoms with Gasteiger partial charge in [0.2, 0.25) is 5.91 Å². The molecule has 4 N–H and O–H groups in total. The molecular weight excluding hydrogens is 665 g/mol. The van der Waals surface area contributed by atoms with Crippen molar-refractivity contribution in [1.82, 2.24) is 30.2 Å². The molecule has 3 amide bonds. The number of piperidine rings is 2. The quantitative estimate of drug-likeness (QED) is 0.285. The number of halogens is 3. The Hall–Kier alpha value is -5.28. The maximum atomic E-state index is 12.9. The van der Waals surface area contributed by atoms with Crippen molar-refractivity contribution >= 4 is 29.2 Å². The molecule has 4 unspecified atom stereocenters. The molecule has 4 saturated heterocycles. The molecule has 3 aromatic rings. The van der Waals surface area contributed by atoms with E-state index in [1.807, 2.05) is 36.4 Å². The number of rotatable bonds is 9. The first-order chi connectivity index (χ1) is 24.4. The number of nitrogens with two attached hydrogens (primary N) is 1. The number of ether oxygens (including phenoxy) is 1. The molecule has 51 heavy (non-hydrogen) atoms. The second kappa shape index (κ2) is 16.2. The van der Waals surface area contributed by atoms with Crippen molar-refractivity contribution in [2.75, 3.05) is 19.6 Å². The lowest BCUT2D eigenvalue weighted by Crippen LogP contribution is -2.60. The minimum atomic E-state index is -4.74. The molecular formula is C36H41F3N8O4. The number of fused-ring (bicyclic) bond motifs is 2. The summed E-state index contributed by atoms with van der Waals surface area (Å²) in [7, 11) is 0. The van der Waals surface area contributed by atoms with E-state index in [0.717, 1.165) is 31.1 Å². The van der Waals surface area contributed by atoms with Crippen LogP contribution in [0.5, 0.6) is 0 Å². The molecule has 270 valence electrons. The molecule has 5 heterocycles. The van der Waals surface area contributed by atoms with Crippen LogP contribution in [0.25, 0.3) is 0 Å². The van der Waals surface area contributed by atoms with Crippen molar-refractivity contribution in [2.24, 2.45) is 10.7 Å². The standard InChI is InChI=1S/C19H19F3N6O2.C17H22N2O2/c1-2-27-16(24-13-6-4-3-5-7-13)12(11-23)10-15(18(27)30)25-17(29)14-8-9-28(26-14)19(20,21)22;1-12(13(2)19-10-15-8-16(11-19)21-15)17(20)18-9-14-6-4-3-5-7-14/h3-9,11,15H,2,10,23H2,1H3,(H,25,29);3-7,13,15-16H,1,8-11H2,2H3,(H,18,20)/b12-11-,24-16?;. The summed E-state index contributed by atoms with van der Waals surface area (Å²) in [5.41, 5.74) is 8.15. The van der Waals surface area contributed by atoms with Gasteiger partial charge in [0.15, 0.2) is 0 Å². The van der Waals surface area contributed by atoms with Crippen molar-refractivity contribution in [2.45, 2.75) is 63.8 Å². The Morgan fingerprint density at radius 3 is 2.29 bits per heavy atom. The Morgan fingerprint density at radius 2 is 1.73 bits per heavy atom. The maximum Gasteiger partial charge on any atom is 0.504 e. The predicted molar refractivity (Wildman–Crippen MR) is 184 cm³/mol. The van der Waals surface area contributed by atoms with Gasteiger partial charge in [-0.15, -0.1) is 13.2 Å². The molecule has 4 aliphatic rings. The number of aromatic nitrogens is 2. The van der Waals surface area contributed by atoms with Gasteiger partial charge in [-0.2, -0.15) is 9.78 Å². The van der Waals surface area contributed by atoms with Crippen LogP contribution in [0.1, 0.15) is 42.7 Å². The third-order valence-corrected chi connectivity index (χ3v) is 8.85. The van der Waals surface area contributed by atoms with Crippen LogP contribution in [0.4, 0.5) is 18.9 Å². The fraction of sp³-hybridized carbons (Fsp3) is 0.361. The number of morpholine rings is 1. The lowest BCUT2D eigenvalue weighted by molar-refractivity contribution is -0.212. The number of benzene rings is 2. The van der Waals surface area contributed by atoms with Gasteiger partial charge in [0.1, 0.15) is 17.6 Å². The number of hydrogen-bond acceptors (Lipinski definition) is 8. The average Bonchev–Trinajstić information content (AvgIpc) is 3.64. The summed E-state index contributed by atoms with van der Waals surface area (Å²) in [6.07, 6.45) is -0.895. The Labute approximate surface area is 293 Å². The monoisotopic (exact) mass is 706 g/mol. The highest BCUT2D eigenvalue weighted by Crippen LogP contribution is 2.30. The number of carbonyl (C=O) groups excluding carboxylic acids is 3. The first-order valence-electron chi connectivity index (χ1n) is 16.6. The molecule has 0 spiro atoms. The molecule has 4 fully saturated rings. The van der Waals surface area contributed by atoms with E-state index in [9.17, 15) is 27.6 Å². The predicted octanol–water partition coefficient (Wildman–Crippen LogP) is 4.00. The van der Waals surface area contributed by atoms with Crippen molar-refractivity contribution in [3.05, 3.63) is 108 Å². The van der Waals surface area contributed by atoms with Gasteiger partial charge < -0.3 is 21.1 Å². The first kappa shape index (κ1) is 37.0. The van der Waals surface area contributed by atoms with Crippen LogP contribution < -0.4 is 16.4 Å². The van der Waals surface area contributed by atoms with Crippen LogP contribution in [-0.2, 0) is 27.2 Å². The van der Waals surface area contributed by atoms with E-state index in [2.05, 4.69) is 39.1 Å². The summed E-state index contributed by atoms with van der Waals surface area (Å²) in [4.78, 5) is 45.6. The Bertz CT molecular complexity index is 1760. The first-order valence-corrected chi connectivity index (χ1v) is 16.6. The summed E-state index contributed by atoms with van der Waals surface area (Å²) >= 11 is 0. The number of aliphatic imine (C=N–C) groups is 1. The SMILES string of the molecule is C=C(C(=O)NCc1ccccc1)C(C)N1CC2CC(C1)O2.CCN1C(=O)C(NC(=O)c2ccn(C(F)(F)F)n2)C/C(=C/N)C1=Nc1ccccc1. The van der Waals surface area contributed by atoms with Gasteiger partial charge in [0, 0.05) is 68.6 Å². The minimum Gasteiger partial charge on any atom is -0.404 e. The lowest BCUT2D eigenvalue weighted by Gasteiger charge is -2.49. The molecule has 4 atom stereocenters. The smallest absolute Gasteiger partial charge is 0.404 e. The van der Waals surface area contributed by atoms with Gasteiger partial charge >= 0.3 is 6.30 Å². The molecule has 12 nitrogen and oxygen atoms in total. The summed E-state index contributed by atoms with van der Waals surface area (Å²) in [6.45, 7) is 10.4. The van der Waals surface area contributed by atoms with Crippen LogP contribution >= 0.6 is 0 Å². The number of amidine groups is 1. The van der Waals surface area contributed by atoms with Gasteiger partial charge in [-0.1, -0.05) is 55.1 Å². The van der Waals surface area contributed by atoms with E-state index in [4.69, 9.17) is 10.5 Å². The van der Waals surface area contributed by atoms with Crippen molar-refractivity contribution in [1.29, 1.82) is 0 Å². The van der Waals surface area contributed by atoms with E-state index in [-0.39, 0.29) is 29.6 Å². The number of likely N-dealkylation sites (tertiary alicyclic amines) is 1. The van der Waals surface area contributed by atoms with Gasteiger partial charge in [-0.25, -0.2) is 4.99 Å². The molecule has 0 saturated carbocycles. The Morgan fingerprint density at radius 1 is 1.10 bits per heavy atom. The normalized spacial score (nSPS) is 22.4. The maximum absolute atomic E-state index is 12.9. The number of nitrogens with zero attached hydrogens (tertiary/aromatic N) is 5. The summed E-state index contributed by atoms with van der Waals surface area (Å²) in [5, 5.41) is 8.60. The zero-order valence-electron chi connectivity index (χ0n) is 28.3. The number of para-hydroxylation sites is 1. The van der Waals surface area contributed by atoms with Gasteiger partial charge in [0.05, 0.1) is 17.9 Å². The highest BCUT2D eigenvalue weighted by molar-refractivity contribution is 6.13. The number of alkyl halides is 3. The van der Waals surface area contributed by atoms with Crippen molar-refractivity contribution < 1.29 is 32.3 Å². The molecule has 1 aromatic heterocycles. The van der Waals surface area contributed by atoms with Crippen molar-refractivity contribution in [3.8, 4) is 0 Å². The second-order valence-electron chi connectivity index (χ2n) is 12.3. The zero-order chi connectivity index (χ0) is 36.7. The number of amides is 3. The number of carbonyl (C=O) groups is 3. The molecule has 15 heteroatoms. The van der Waals surface area contributed by atoms with Crippen molar-refractivity contribution in [3.63, 3.8) is 0 Å². The third kappa shape index (κ3) is 9.10. The average molecular weight is 707 g/mol. The van der Waals surface area contributed by atoms with Gasteiger partial charge in [-0.05, 0) is 37.6 Å². The summed E-state index contributed by atoms with van der Waals surface area (Å²) < 4.78 is 43.4. The fourth-order valence-corrected chi connectivity index (χ4v) is 6.01. The van der Waals surface area contributed by atoms with Gasteiger partial charge in [0.25, 0.3) is 11.8 Å². The molecule has 2 aromatic carbocycles. The molecule has 0 aliphatic carbocycles. The molecule has 0 radical (unpaired) electrons. The summed E-state index contributed by atoms with van der Waals surface area (Å²) in [5.74, 6) is -1.04. The third-order valence-electron chi connectivity index (χ3n) is 8.85. The van der Waals surface area contributed by atoms with E-state index in [0.29, 0.717) is 47.6 Å². The number of hydrogen-bond donors (Lipinski definition) is 3. The zero-order valence-corrected chi connectivity index (χ0v) is 28.3. The van der Waals surface area contributed by atoms with Crippen LogP contribution in [0.2, 0.25) is 0 Å². The second-order valence-corrected chi connectivity index (χ2v) is 12.3. The van der Waals surface area contributed by atoms with Crippen LogP contribution in [0.15, 0.2) is 102 Å². The van der Waals surface area contributed by atoms with E-state index in [1.165, 1.54) is 11.1 Å². The Kier molecular flexibility index (Phi) is 11.7. The van der Waals surface area contributed by atoms with E-state index >= 15 is 0 Å². The lowest BCUT2D eigenvalue weighted by atomic mass is 9.95. The largest absolute Gasteiger partial charge is 0.504 e. The van der Waals surface area contributed by atoms with Crippen LogP contribution in [0, 0.1) is 0 Å². The van der Waals surface area contributed by atoms with Crippen LogP contribution in [-0.4, -0.2) is 87.1 Å². The van der Waals surface area contributed by atoms with E-state index < -0.39 is 29.9 Å². The topological polar surface area (TPSA) is 147 Å². The highest BCUT2D eigenvalue weighted by Gasteiger charge is 2.41. The minimum absolute atomic E-state index is 0.0449. The van der Waals surface area contributed by atoms with Gasteiger partial charge in [-0.3, -0.25) is 24.2 Å². The number of nitrogens with one attached hydrogen (secondary N) is 2. The highest BCUT2D eigenvalue weighted by atomic mass is 19.4. The van der Waals surface area contributed by atoms with Crippen LogP contribution in [0.3, 0.4) is 0 Å².